The zero-order valence-corrected chi connectivity index (χ0v) is 19.9. The fourth-order valence-electron chi connectivity index (χ4n) is 4.15. The van der Waals surface area contributed by atoms with E-state index in [1.54, 1.807) is 35.5 Å². The first-order valence-electron chi connectivity index (χ1n) is 11.5. The van der Waals surface area contributed by atoms with Crippen LogP contribution in [0.3, 0.4) is 0 Å². The van der Waals surface area contributed by atoms with Gasteiger partial charge in [-0.3, -0.25) is 4.68 Å². The molecule has 1 fully saturated rings. The van der Waals surface area contributed by atoms with Crippen LogP contribution in [0.1, 0.15) is 39.7 Å². The molecule has 35 heavy (non-hydrogen) atoms. The van der Waals surface area contributed by atoms with Crippen LogP contribution >= 0.6 is 0 Å². The van der Waals surface area contributed by atoms with Crippen molar-refractivity contribution in [3.63, 3.8) is 0 Å². The third kappa shape index (κ3) is 4.61. The Bertz CT molecular complexity index is 1380. The van der Waals surface area contributed by atoms with Crippen molar-refractivity contribution in [2.24, 2.45) is 0 Å². The molecule has 1 saturated heterocycles. The Morgan fingerprint density at radius 2 is 1.97 bits per heavy atom. The average Bonchev–Trinajstić information content (AvgIpc) is 3.47. The van der Waals surface area contributed by atoms with Gasteiger partial charge < -0.3 is 25.5 Å². The zero-order valence-electron chi connectivity index (χ0n) is 19.9. The van der Waals surface area contributed by atoms with Gasteiger partial charge in [0, 0.05) is 24.8 Å². The molecule has 11 nitrogen and oxygen atoms in total. The van der Waals surface area contributed by atoms with E-state index in [9.17, 15) is 9.90 Å². The molecule has 0 radical (unpaired) electrons. The van der Waals surface area contributed by atoms with Gasteiger partial charge in [-0.25, -0.2) is 19.7 Å². The summed E-state index contributed by atoms with van der Waals surface area (Å²) in [4.78, 5) is 30.6. The molecule has 0 saturated carbocycles. The molecule has 3 aromatic heterocycles. The number of H-pyrrole nitrogens is 1. The number of phenolic OH excluding ortho intramolecular Hbond substituents is 1. The number of benzene rings is 1. The lowest BCUT2D eigenvalue weighted by Crippen LogP contribution is -2.42. The number of amides is 1. The van der Waals surface area contributed by atoms with Gasteiger partial charge in [0.1, 0.15) is 22.6 Å². The first-order chi connectivity index (χ1) is 16.7. The number of rotatable bonds is 3. The normalized spacial score (nSPS) is 15.0. The van der Waals surface area contributed by atoms with Crippen molar-refractivity contribution >= 4 is 22.9 Å². The summed E-state index contributed by atoms with van der Waals surface area (Å²) in [5.41, 5.74) is 8.52. The van der Waals surface area contributed by atoms with E-state index in [4.69, 9.17) is 10.5 Å². The Kier molecular flexibility index (Phi) is 5.54. The number of piperidine rings is 1. The topological polar surface area (TPSA) is 148 Å². The third-order valence-corrected chi connectivity index (χ3v) is 5.91. The number of para-hydroxylation sites is 1. The summed E-state index contributed by atoms with van der Waals surface area (Å²) in [5, 5.41) is 14.6. The number of nitrogen functional groups attached to an aromatic ring is 1. The van der Waals surface area contributed by atoms with E-state index in [0.29, 0.717) is 41.3 Å². The number of ether oxygens (including phenoxy) is 1. The summed E-state index contributed by atoms with van der Waals surface area (Å²) in [5.74, 6) is 0.757. The molecule has 1 aliphatic heterocycles. The van der Waals surface area contributed by atoms with Gasteiger partial charge in [-0.15, -0.1) is 0 Å². The quantitative estimate of drug-likeness (QED) is 0.405. The largest absolute Gasteiger partial charge is 0.506 e. The number of carbonyl (C=O) groups is 1. The number of nitrogens with one attached hydrogen (secondary N) is 1. The van der Waals surface area contributed by atoms with Gasteiger partial charge in [-0.2, -0.15) is 5.10 Å². The van der Waals surface area contributed by atoms with Crippen LogP contribution in [0.25, 0.3) is 33.8 Å². The molecular weight excluding hydrogens is 448 g/mol. The summed E-state index contributed by atoms with van der Waals surface area (Å²) >= 11 is 0. The minimum atomic E-state index is -0.507. The van der Waals surface area contributed by atoms with E-state index >= 15 is 0 Å². The van der Waals surface area contributed by atoms with Crippen LogP contribution in [0, 0.1) is 0 Å². The Morgan fingerprint density at radius 1 is 1.20 bits per heavy atom. The first-order valence-corrected chi connectivity index (χ1v) is 11.5. The molecule has 0 bridgehead atoms. The van der Waals surface area contributed by atoms with Crippen LogP contribution in [0.15, 0.2) is 36.8 Å². The minimum Gasteiger partial charge on any atom is -0.506 e. The van der Waals surface area contributed by atoms with Crippen LogP contribution in [0.2, 0.25) is 0 Å². The maximum absolute atomic E-state index is 12.3. The number of hydrogen-bond donors (Lipinski definition) is 3. The molecule has 4 N–H and O–H groups in total. The third-order valence-electron chi connectivity index (χ3n) is 5.91. The van der Waals surface area contributed by atoms with Crippen molar-refractivity contribution in [1.29, 1.82) is 0 Å². The lowest BCUT2D eigenvalue weighted by atomic mass is 10.1. The number of fused-ring (bicyclic) bond motifs is 1. The molecule has 4 heterocycles. The SMILES string of the molecule is CC(C)(C)OC(=O)N1CCC(n2cc(-c3cnc(N)c(-c4nc5cccc(O)c5[nH]4)n3)cn2)CC1. The number of imidazole rings is 1. The van der Waals surface area contributed by atoms with Gasteiger partial charge in [-0.1, -0.05) is 6.07 Å². The van der Waals surface area contributed by atoms with Crippen LogP contribution in [-0.2, 0) is 4.74 Å². The monoisotopic (exact) mass is 476 g/mol. The number of carbonyl (C=O) groups excluding carboxylic acids is 1. The number of hydrogen-bond acceptors (Lipinski definition) is 8. The highest BCUT2D eigenvalue weighted by Gasteiger charge is 2.28. The van der Waals surface area contributed by atoms with Gasteiger partial charge in [0.25, 0.3) is 0 Å². The number of likely N-dealkylation sites (tertiary alicyclic amines) is 1. The molecule has 1 aromatic carbocycles. The van der Waals surface area contributed by atoms with E-state index in [0.717, 1.165) is 18.4 Å². The highest BCUT2D eigenvalue weighted by molar-refractivity contribution is 5.85. The number of aromatic nitrogens is 6. The molecule has 182 valence electrons. The highest BCUT2D eigenvalue weighted by Crippen LogP contribution is 2.30. The maximum atomic E-state index is 12.3. The summed E-state index contributed by atoms with van der Waals surface area (Å²) in [7, 11) is 0. The Balaban J connectivity index is 1.33. The lowest BCUT2D eigenvalue weighted by molar-refractivity contribution is 0.0185. The fraction of sp³-hybridized carbons (Fsp3) is 0.375. The molecule has 1 aliphatic rings. The predicted octanol–water partition coefficient (Wildman–Crippen LogP) is 3.74. The number of nitrogens with zero attached hydrogens (tertiary/aromatic N) is 6. The second-order valence-corrected chi connectivity index (χ2v) is 9.65. The summed E-state index contributed by atoms with van der Waals surface area (Å²) in [6.07, 6.45) is 6.56. The van der Waals surface area contributed by atoms with Gasteiger partial charge in [0.05, 0.1) is 29.6 Å². The molecule has 0 spiro atoms. The molecule has 0 unspecified atom stereocenters. The first kappa shape index (κ1) is 22.6. The summed E-state index contributed by atoms with van der Waals surface area (Å²) in [6, 6.07) is 5.27. The second kappa shape index (κ2) is 8.57. The molecular formula is C24H28N8O3. The Labute approximate surface area is 202 Å². The molecule has 4 aromatic rings. The molecule has 5 rings (SSSR count). The summed E-state index contributed by atoms with van der Waals surface area (Å²) in [6.45, 7) is 6.82. The molecule has 11 heteroatoms. The van der Waals surface area contributed by atoms with Crippen molar-refractivity contribution in [3.8, 4) is 28.5 Å². The summed E-state index contributed by atoms with van der Waals surface area (Å²) < 4.78 is 7.40. The number of phenols is 1. The smallest absolute Gasteiger partial charge is 0.410 e. The van der Waals surface area contributed by atoms with E-state index in [1.807, 2.05) is 31.6 Å². The van der Waals surface area contributed by atoms with E-state index < -0.39 is 5.60 Å². The van der Waals surface area contributed by atoms with Crippen molar-refractivity contribution in [3.05, 3.63) is 36.8 Å². The number of anilines is 1. The molecule has 0 atom stereocenters. The van der Waals surface area contributed by atoms with Crippen molar-refractivity contribution < 1.29 is 14.6 Å². The van der Waals surface area contributed by atoms with Gasteiger partial charge in [0.15, 0.2) is 11.6 Å². The van der Waals surface area contributed by atoms with E-state index in [-0.39, 0.29) is 23.7 Å². The van der Waals surface area contributed by atoms with E-state index in [1.165, 1.54) is 0 Å². The zero-order chi connectivity index (χ0) is 24.7. The minimum absolute atomic E-state index is 0.0999. The number of aromatic hydroxyl groups is 1. The van der Waals surface area contributed by atoms with Gasteiger partial charge in [0.2, 0.25) is 0 Å². The van der Waals surface area contributed by atoms with Gasteiger partial charge in [-0.05, 0) is 45.7 Å². The second-order valence-electron chi connectivity index (χ2n) is 9.65. The Hall–Kier alpha value is -4.15. The lowest BCUT2D eigenvalue weighted by Gasteiger charge is -2.33. The predicted molar refractivity (Wildman–Crippen MR) is 130 cm³/mol. The maximum Gasteiger partial charge on any atom is 0.410 e. The molecule has 1 amide bonds. The average molecular weight is 477 g/mol. The number of aromatic amines is 1. The van der Waals surface area contributed by atoms with Gasteiger partial charge >= 0.3 is 6.09 Å². The Morgan fingerprint density at radius 3 is 2.69 bits per heavy atom. The van der Waals surface area contributed by atoms with Crippen LogP contribution in [0.5, 0.6) is 5.75 Å². The number of nitrogens with two attached hydrogens (primary N) is 1. The standard InChI is InChI=1S/C24H28N8O3/c1-24(2,3)35-23(34)31-9-7-15(8-10-31)32-13-14(11-27-32)17-12-26-21(25)20(28-17)22-29-16-5-4-6-18(33)19(16)30-22/h4-6,11-13,15,33H,7-10H2,1-3H3,(H2,25,26)(H,29,30). The van der Waals surface area contributed by atoms with Crippen molar-refractivity contribution in [1.82, 2.24) is 34.6 Å². The fourth-order valence-corrected chi connectivity index (χ4v) is 4.15. The van der Waals surface area contributed by atoms with E-state index in [2.05, 4.69) is 25.0 Å². The van der Waals surface area contributed by atoms with Crippen molar-refractivity contribution in [2.75, 3.05) is 18.8 Å². The highest BCUT2D eigenvalue weighted by atomic mass is 16.6. The molecule has 0 aliphatic carbocycles. The van der Waals surface area contributed by atoms with Crippen LogP contribution in [-0.4, -0.2) is 64.5 Å². The van der Waals surface area contributed by atoms with Crippen LogP contribution in [0.4, 0.5) is 10.6 Å². The van der Waals surface area contributed by atoms with Crippen LogP contribution < -0.4 is 5.73 Å². The van der Waals surface area contributed by atoms with Crippen molar-refractivity contribution in [2.45, 2.75) is 45.3 Å².